The quantitative estimate of drug-likeness (QED) is 0.889. The Hall–Kier alpha value is -2.40. The first kappa shape index (κ1) is 16.0. The molecule has 2 aromatic rings. The molecule has 22 heavy (non-hydrogen) atoms. The maximum absolute atomic E-state index is 11.6. The molecule has 1 atom stereocenters. The van der Waals surface area contributed by atoms with Gasteiger partial charge in [-0.1, -0.05) is 12.1 Å². The van der Waals surface area contributed by atoms with Gasteiger partial charge >= 0.3 is 0 Å². The summed E-state index contributed by atoms with van der Waals surface area (Å²) in [6, 6.07) is 9.20. The molecule has 1 aromatic carbocycles. The first-order chi connectivity index (χ1) is 10.5. The Morgan fingerprint density at radius 3 is 2.73 bits per heavy atom. The molecule has 0 radical (unpaired) electrons. The second-order valence-electron chi connectivity index (χ2n) is 5.41. The van der Waals surface area contributed by atoms with E-state index < -0.39 is 0 Å². The van der Waals surface area contributed by atoms with E-state index in [0.29, 0.717) is 11.6 Å². The van der Waals surface area contributed by atoms with E-state index >= 15 is 0 Å². The Kier molecular flexibility index (Phi) is 5.12. The van der Waals surface area contributed by atoms with Gasteiger partial charge in [0.15, 0.2) is 0 Å². The highest BCUT2D eigenvalue weighted by Crippen LogP contribution is 2.26. The van der Waals surface area contributed by atoms with Gasteiger partial charge < -0.3 is 15.8 Å². The number of anilines is 1. The molecule has 0 aliphatic rings. The molecule has 0 aliphatic carbocycles. The number of nitrogens with one attached hydrogen (secondary N) is 1. The number of aryl methyl sites for hydroxylation is 1. The van der Waals surface area contributed by atoms with E-state index in [4.69, 9.17) is 10.5 Å². The van der Waals surface area contributed by atoms with E-state index in [2.05, 4.69) is 10.3 Å². The number of carbonyl (C=O) groups excluding carboxylic acids is 1. The predicted molar refractivity (Wildman–Crippen MR) is 87.1 cm³/mol. The number of aromatic nitrogens is 1. The van der Waals surface area contributed by atoms with Crippen LogP contribution in [-0.4, -0.2) is 16.9 Å². The Morgan fingerprint density at radius 1 is 1.32 bits per heavy atom. The molecule has 116 valence electrons. The Labute approximate surface area is 130 Å². The van der Waals surface area contributed by atoms with Gasteiger partial charge in [-0.3, -0.25) is 4.79 Å². The van der Waals surface area contributed by atoms with E-state index in [-0.39, 0.29) is 18.4 Å². The topological polar surface area (TPSA) is 77.2 Å². The van der Waals surface area contributed by atoms with Crippen molar-refractivity contribution in [1.29, 1.82) is 0 Å². The van der Waals surface area contributed by atoms with Crippen LogP contribution in [0.3, 0.4) is 0 Å². The highest BCUT2D eigenvalue weighted by atomic mass is 16.5. The fraction of sp³-hybridized carbons (Fsp3) is 0.294. The van der Waals surface area contributed by atoms with Crippen molar-refractivity contribution in [2.24, 2.45) is 5.73 Å². The molecule has 0 fully saturated rings. The summed E-state index contributed by atoms with van der Waals surface area (Å²) >= 11 is 0. The molecule has 0 spiro atoms. The first-order valence-corrected chi connectivity index (χ1v) is 7.21. The van der Waals surface area contributed by atoms with Crippen LogP contribution in [0.25, 0.3) is 0 Å². The van der Waals surface area contributed by atoms with Crippen molar-refractivity contribution in [2.45, 2.75) is 33.2 Å². The monoisotopic (exact) mass is 299 g/mol. The molecule has 0 saturated heterocycles. The number of ether oxygens (including phenoxy) is 1. The van der Waals surface area contributed by atoms with Gasteiger partial charge in [0.1, 0.15) is 5.75 Å². The maximum atomic E-state index is 11.6. The van der Waals surface area contributed by atoms with Crippen LogP contribution in [0.5, 0.6) is 11.6 Å². The summed E-state index contributed by atoms with van der Waals surface area (Å²) in [6.07, 6.45) is 1.85. The van der Waals surface area contributed by atoms with Gasteiger partial charge in [-0.15, -0.1) is 0 Å². The molecule has 1 amide bonds. The zero-order valence-corrected chi connectivity index (χ0v) is 13.1. The van der Waals surface area contributed by atoms with Gasteiger partial charge in [0, 0.05) is 18.5 Å². The Bertz CT molecular complexity index is 651. The summed E-state index contributed by atoms with van der Waals surface area (Å²) in [7, 11) is 0. The van der Waals surface area contributed by atoms with Crippen LogP contribution in [0.2, 0.25) is 0 Å². The molecule has 3 N–H and O–H groups in total. The molecule has 0 saturated carbocycles. The van der Waals surface area contributed by atoms with Crippen LogP contribution < -0.4 is 15.8 Å². The summed E-state index contributed by atoms with van der Waals surface area (Å²) in [6.45, 7) is 5.83. The molecule has 1 unspecified atom stereocenters. The van der Waals surface area contributed by atoms with Crippen LogP contribution in [0.15, 0.2) is 36.5 Å². The van der Waals surface area contributed by atoms with Crippen molar-refractivity contribution < 1.29 is 9.53 Å². The van der Waals surface area contributed by atoms with Gasteiger partial charge in [-0.05, 0) is 44.0 Å². The third-order valence-electron chi connectivity index (χ3n) is 3.30. The fourth-order valence-corrected chi connectivity index (χ4v) is 1.97. The molecule has 5 nitrogen and oxygen atoms in total. The van der Waals surface area contributed by atoms with E-state index in [1.54, 1.807) is 25.3 Å². The lowest BCUT2D eigenvalue weighted by Crippen LogP contribution is -2.23. The van der Waals surface area contributed by atoms with E-state index in [0.717, 1.165) is 16.9 Å². The molecule has 5 heteroatoms. The maximum Gasteiger partial charge on any atom is 0.225 e. The summed E-state index contributed by atoms with van der Waals surface area (Å²) in [4.78, 5) is 15.8. The molecular formula is C17H21N3O2. The first-order valence-electron chi connectivity index (χ1n) is 7.21. The highest BCUT2D eigenvalue weighted by Gasteiger charge is 2.07. The van der Waals surface area contributed by atoms with Crippen molar-refractivity contribution >= 4 is 11.6 Å². The van der Waals surface area contributed by atoms with Crippen molar-refractivity contribution in [3.8, 4) is 11.6 Å². The summed E-state index contributed by atoms with van der Waals surface area (Å²) in [5.41, 5.74) is 8.46. The second-order valence-corrected chi connectivity index (χ2v) is 5.41. The lowest BCUT2D eigenvalue weighted by molar-refractivity contribution is -0.116. The largest absolute Gasteiger partial charge is 0.439 e. The average molecular weight is 299 g/mol. The van der Waals surface area contributed by atoms with E-state index in [9.17, 15) is 4.79 Å². The molecule has 1 heterocycles. The number of rotatable bonds is 5. The highest BCUT2D eigenvalue weighted by molar-refractivity contribution is 5.90. The van der Waals surface area contributed by atoms with Crippen molar-refractivity contribution in [3.63, 3.8) is 0 Å². The SMILES string of the molecule is Cc1cccc(Oc2ccc(NC(=O)CC(C)N)cn2)c1C. The molecule has 0 bridgehead atoms. The zero-order valence-electron chi connectivity index (χ0n) is 13.1. The molecule has 2 rings (SSSR count). The minimum absolute atomic E-state index is 0.125. The average Bonchev–Trinajstić information content (AvgIpc) is 2.45. The lowest BCUT2D eigenvalue weighted by atomic mass is 10.1. The Morgan fingerprint density at radius 2 is 2.09 bits per heavy atom. The van der Waals surface area contributed by atoms with Crippen LogP contribution in [0, 0.1) is 13.8 Å². The van der Waals surface area contributed by atoms with E-state index in [1.807, 2.05) is 32.0 Å². The minimum atomic E-state index is -0.167. The number of amides is 1. The normalized spacial score (nSPS) is 11.8. The molecule has 0 aliphatic heterocycles. The van der Waals surface area contributed by atoms with Gasteiger partial charge in [-0.25, -0.2) is 4.98 Å². The van der Waals surface area contributed by atoms with Crippen molar-refractivity contribution in [1.82, 2.24) is 4.98 Å². The fourth-order valence-electron chi connectivity index (χ4n) is 1.97. The predicted octanol–water partition coefficient (Wildman–Crippen LogP) is 3.17. The number of nitrogens with zero attached hydrogens (tertiary/aromatic N) is 1. The van der Waals surface area contributed by atoms with Crippen LogP contribution in [0.1, 0.15) is 24.5 Å². The summed E-state index contributed by atoms with van der Waals surface area (Å²) < 4.78 is 5.77. The smallest absolute Gasteiger partial charge is 0.225 e. The lowest BCUT2D eigenvalue weighted by Gasteiger charge is -2.10. The minimum Gasteiger partial charge on any atom is -0.439 e. The number of hydrogen-bond donors (Lipinski definition) is 2. The number of pyridine rings is 1. The number of hydrogen-bond acceptors (Lipinski definition) is 4. The van der Waals surface area contributed by atoms with Gasteiger partial charge in [0.05, 0.1) is 11.9 Å². The Balaban J connectivity index is 2.03. The van der Waals surface area contributed by atoms with Gasteiger partial charge in [0.2, 0.25) is 11.8 Å². The van der Waals surface area contributed by atoms with Crippen LogP contribution in [0.4, 0.5) is 5.69 Å². The van der Waals surface area contributed by atoms with Crippen molar-refractivity contribution in [2.75, 3.05) is 5.32 Å². The summed E-state index contributed by atoms with van der Waals surface area (Å²) in [5, 5.41) is 2.75. The second kappa shape index (κ2) is 7.04. The molecule has 1 aromatic heterocycles. The van der Waals surface area contributed by atoms with Crippen LogP contribution in [-0.2, 0) is 4.79 Å². The third kappa shape index (κ3) is 4.30. The third-order valence-corrected chi connectivity index (χ3v) is 3.30. The van der Waals surface area contributed by atoms with Crippen molar-refractivity contribution in [3.05, 3.63) is 47.7 Å². The number of carbonyl (C=O) groups is 1. The van der Waals surface area contributed by atoms with Gasteiger partial charge in [-0.2, -0.15) is 0 Å². The number of benzene rings is 1. The number of nitrogens with two attached hydrogens (primary N) is 1. The summed E-state index contributed by atoms with van der Waals surface area (Å²) in [5.74, 6) is 1.14. The van der Waals surface area contributed by atoms with Crippen LogP contribution >= 0.6 is 0 Å². The standard InChI is InChI=1S/C17H21N3O2/c1-11-5-4-6-15(13(11)3)22-17-8-7-14(10-19-17)20-16(21)9-12(2)18/h4-8,10,12H,9,18H2,1-3H3,(H,20,21). The van der Waals surface area contributed by atoms with E-state index in [1.165, 1.54) is 0 Å². The van der Waals surface area contributed by atoms with Gasteiger partial charge in [0.25, 0.3) is 0 Å². The zero-order chi connectivity index (χ0) is 16.1. The molecular weight excluding hydrogens is 278 g/mol.